The highest BCUT2D eigenvalue weighted by Crippen LogP contribution is 2.41. The third-order valence-corrected chi connectivity index (χ3v) is 4.99. The Morgan fingerprint density at radius 3 is 2.42 bits per heavy atom. The first-order valence-electron chi connectivity index (χ1n) is 10.5. The van der Waals surface area contributed by atoms with Crippen LogP contribution < -0.4 is 24.8 Å². The standard InChI is InChI=1S/C22H30N6O5/c1-13(7-9-22(2,3)30)24-21(29)26-19-25-20-23-10-8-15(28(20)27-19)14-11-16(31-4)18(33-6)17(12-14)32-5/h8,10-13,30H,7,9H2,1-6H3,(H2,24,26,27,29). The van der Waals surface area contributed by atoms with Gasteiger partial charge in [0.25, 0.3) is 11.7 Å². The molecule has 3 N–H and O–H groups in total. The number of nitrogens with one attached hydrogen (secondary N) is 2. The van der Waals surface area contributed by atoms with Crippen LogP contribution in [0.15, 0.2) is 24.4 Å². The Hall–Kier alpha value is -3.60. The van der Waals surface area contributed by atoms with Gasteiger partial charge in [-0.1, -0.05) is 0 Å². The number of fused-ring (bicyclic) bond motifs is 1. The third kappa shape index (κ3) is 5.80. The van der Waals surface area contributed by atoms with E-state index in [4.69, 9.17) is 14.2 Å². The molecule has 0 saturated carbocycles. The van der Waals surface area contributed by atoms with Gasteiger partial charge in [0.2, 0.25) is 5.75 Å². The number of anilines is 1. The highest BCUT2D eigenvalue weighted by Gasteiger charge is 2.19. The summed E-state index contributed by atoms with van der Waals surface area (Å²) in [4.78, 5) is 20.9. The molecule has 0 aliphatic rings. The maximum atomic E-state index is 12.4. The van der Waals surface area contributed by atoms with E-state index in [1.165, 1.54) is 11.6 Å². The summed E-state index contributed by atoms with van der Waals surface area (Å²) < 4.78 is 17.8. The highest BCUT2D eigenvalue weighted by atomic mass is 16.5. The predicted octanol–water partition coefficient (Wildman–Crippen LogP) is 2.88. The Morgan fingerprint density at radius 2 is 1.85 bits per heavy atom. The number of aromatic nitrogens is 4. The first kappa shape index (κ1) is 24.1. The molecule has 2 heterocycles. The second-order valence-corrected chi connectivity index (χ2v) is 8.24. The Bertz CT molecular complexity index is 1100. The number of ether oxygens (including phenoxy) is 3. The van der Waals surface area contributed by atoms with Gasteiger partial charge in [-0.05, 0) is 51.8 Å². The van der Waals surface area contributed by atoms with Gasteiger partial charge in [0.15, 0.2) is 11.5 Å². The smallest absolute Gasteiger partial charge is 0.321 e. The van der Waals surface area contributed by atoms with Crippen LogP contribution in [-0.2, 0) is 0 Å². The molecule has 2 amide bonds. The average Bonchev–Trinajstić information content (AvgIpc) is 3.18. The molecular weight excluding hydrogens is 428 g/mol. The molecule has 11 heteroatoms. The van der Waals surface area contributed by atoms with Gasteiger partial charge in [-0.3, -0.25) is 5.32 Å². The van der Waals surface area contributed by atoms with Crippen LogP contribution in [0, 0.1) is 0 Å². The van der Waals surface area contributed by atoms with Crippen LogP contribution in [0.4, 0.5) is 10.7 Å². The fraction of sp³-hybridized carbons (Fsp3) is 0.455. The van der Waals surface area contributed by atoms with E-state index in [0.29, 0.717) is 41.6 Å². The topological polar surface area (TPSA) is 132 Å². The molecule has 0 bridgehead atoms. The van der Waals surface area contributed by atoms with E-state index >= 15 is 0 Å². The monoisotopic (exact) mass is 458 g/mol. The largest absolute Gasteiger partial charge is 0.493 e. The molecule has 3 aromatic rings. The maximum Gasteiger partial charge on any atom is 0.321 e. The number of hydrogen-bond donors (Lipinski definition) is 3. The fourth-order valence-electron chi connectivity index (χ4n) is 3.30. The lowest BCUT2D eigenvalue weighted by Gasteiger charge is -2.20. The lowest BCUT2D eigenvalue weighted by molar-refractivity contribution is 0.0663. The molecule has 178 valence electrons. The molecule has 1 aromatic carbocycles. The van der Waals surface area contributed by atoms with Crippen molar-refractivity contribution in [3.63, 3.8) is 0 Å². The van der Waals surface area contributed by atoms with E-state index < -0.39 is 11.6 Å². The minimum atomic E-state index is -0.787. The van der Waals surface area contributed by atoms with Crippen LogP contribution in [0.3, 0.4) is 0 Å². The van der Waals surface area contributed by atoms with Crippen LogP contribution in [0.2, 0.25) is 0 Å². The van der Waals surface area contributed by atoms with Crippen molar-refractivity contribution in [3.05, 3.63) is 24.4 Å². The van der Waals surface area contributed by atoms with E-state index in [-0.39, 0.29) is 12.0 Å². The fourth-order valence-corrected chi connectivity index (χ4v) is 3.30. The van der Waals surface area contributed by atoms with E-state index in [9.17, 15) is 9.90 Å². The van der Waals surface area contributed by atoms with Crippen LogP contribution >= 0.6 is 0 Å². The number of amides is 2. The lowest BCUT2D eigenvalue weighted by Crippen LogP contribution is -2.37. The predicted molar refractivity (Wildman–Crippen MR) is 123 cm³/mol. The molecule has 0 radical (unpaired) electrons. The van der Waals surface area contributed by atoms with Crippen molar-refractivity contribution >= 4 is 17.8 Å². The molecule has 0 saturated heterocycles. The van der Waals surface area contributed by atoms with E-state index in [0.717, 1.165) is 5.56 Å². The van der Waals surface area contributed by atoms with Crippen LogP contribution in [-0.4, -0.2) is 63.7 Å². The summed E-state index contributed by atoms with van der Waals surface area (Å²) in [7, 11) is 4.63. The zero-order valence-corrected chi connectivity index (χ0v) is 19.7. The summed E-state index contributed by atoms with van der Waals surface area (Å²) in [6, 6.07) is 4.78. The third-order valence-electron chi connectivity index (χ3n) is 4.99. The Labute approximate surface area is 192 Å². The minimum Gasteiger partial charge on any atom is -0.493 e. The minimum absolute atomic E-state index is 0.106. The number of methoxy groups -OCH3 is 3. The molecule has 1 unspecified atom stereocenters. The van der Waals surface area contributed by atoms with Crippen molar-refractivity contribution in [1.29, 1.82) is 0 Å². The SMILES string of the molecule is COc1cc(-c2ccnc3nc(NC(=O)NC(C)CCC(C)(C)O)nn23)cc(OC)c1OC. The molecular formula is C22H30N6O5. The van der Waals surface area contributed by atoms with Gasteiger partial charge in [0, 0.05) is 17.8 Å². The molecule has 0 fully saturated rings. The molecule has 0 spiro atoms. The van der Waals surface area contributed by atoms with Crippen molar-refractivity contribution < 1.29 is 24.1 Å². The second-order valence-electron chi connectivity index (χ2n) is 8.24. The summed E-state index contributed by atoms with van der Waals surface area (Å²) in [5, 5.41) is 19.7. The van der Waals surface area contributed by atoms with Crippen molar-refractivity contribution in [2.45, 2.75) is 45.3 Å². The van der Waals surface area contributed by atoms with Gasteiger partial charge >= 0.3 is 6.03 Å². The summed E-state index contributed by atoms with van der Waals surface area (Å²) >= 11 is 0. The number of rotatable bonds is 9. The number of hydrogen-bond acceptors (Lipinski definition) is 8. The molecule has 33 heavy (non-hydrogen) atoms. The molecule has 11 nitrogen and oxygen atoms in total. The Kier molecular flexibility index (Phi) is 7.22. The summed E-state index contributed by atoms with van der Waals surface area (Å²) in [5.41, 5.74) is 0.613. The normalized spacial score (nSPS) is 12.3. The van der Waals surface area contributed by atoms with Crippen molar-refractivity contribution in [2.75, 3.05) is 26.6 Å². The van der Waals surface area contributed by atoms with Crippen LogP contribution in [0.25, 0.3) is 17.0 Å². The molecule has 1 atom stereocenters. The van der Waals surface area contributed by atoms with Gasteiger partial charge in [-0.25, -0.2) is 9.78 Å². The first-order valence-corrected chi connectivity index (χ1v) is 10.5. The number of aliphatic hydroxyl groups is 1. The Morgan fingerprint density at radius 1 is 1.18 bits per heavy atom. The maximum absolute atomic E-state index is 12.4. The van der Waals surface area contributed by atoms with Gasteiger partial charge in [0.1, 0.15) is 0 Å². The summed E-state index contributed by atoms with van der Waals surface area (Å²) in [6.45, 7) is 5.34. The first-order chi connectivity index (χ1) is 15.6. The highest BCUT2D eigenvalue weighted by molar-refractivity contribution is 5.87. The second kappa shape index (κ2) is 9.90. The van der Waals surface area contributed by atoms with E-state index in [1.54, 1.807) is 52.5 Å². The molecule has 0 aliphatic heterocycles. The van der Waals surface area contributed by atoms with Crippen molar-refractivity contribution in [1.82, 2.24) is 24.9 Å². The zero-order chi connectivity index (χ0) is 24.2. The number of urea groups is 1. The van der Waals surface area contributed by atoms with E-state index in [1.807, 2.05) is 6.92 Å². The van der Waals surface area contributed by atoms with Crippen LogP contribution in [0.5, 0.6) is 17.2 Å². The summed E-state index contributed by atoms with van der Waals surface area (Å²) in [5.74, 6) is 1.89. The number of nitrogens with zero attached hydrogens (tertiary/aromatic N) is 4. The lowest BCUT2D eigenvalue weighted by atomic mass is 10.00. The molecule has 3 rings (SSSR count). The van der Waals surface area contributed by atoms with Gasteiger partial charge in [-0.2, -0.15) is 9.50 Å². The molecule has 0 aliphatic carbocycles. The van der Waals surface area contributed by atoms with Crippen molar-refractivity contribution in [3.8, 4) is 28.5 Å². The van der Waals surface area contributed by atoms with Crippen LogP contribution in [0.1, 0.15) is 33.6 Å². The van der Waals surface area contributed by atoms with Gasteiger partial charge in [0.05, 0.1) is 32.6 Å². The quantitative estimate of drug-likeness (QED) is 0.446. The molecule has 2 aromatic heterocycles. The summed E-state index contributed by atoms with van der Waals surface area (Å²) in [6.07, 6.45) is 2.79. The number of carbonyl (C=O) groups excluding carboxylic acids is 1. The zero-order valence-electron chi connectivity index (χ0n) is 19.7. The number of carbonyl (C=O) groups is 1. The van der Waals surface area contributed by atoms with E-state index in [2.05, 4.69) is 25.7 Å². The van der Waals surface area contributed by atoms with Gasteiger partial charge < -0.3 is 24.6 Å². The van der Waals surface area contributed by atoms with Gasteiger partial charge in [-0.15, -0.1) is 5.10 Å². The Balaban J connectivity index is 1.84. The number of benzene rings is 1. The van der Waals surface area contributed by atoms with Crippen molar-refractivity contribution in [2.24, 2.45) is 0 Å². The average molecular weight is 459 g/mol.